The highest BCUT2D eigenvalue weighted by Gasteiger charge is 2.46. The minimum Gasteiger partial charge on any atom is -0.464 e. The van der Waals surface area contributed by atoms with Crippen molar-refractivity contribution in [1.82, 2.24) is 10.2 Å². The summed E-state index contributed by atoms with van der Waals surface area (Å²) in [7, 11) is 0. The highest BCUT2D eigenvalue weighted by atomic mass is 32.1. The van der Waals surface area contributed by atoms with E-state index in [2.05, 4.69) is 10.2 Å². The normalized spacial score (nSPS) is 16.2. The fourth-order valence-corrected chi connectivity index (χ4v) is 4.42. The maximum atomic E-state index is 13.4. The molecule has 1 atom stereocenters. The Bertz CT molecular complexity index is 1320. The van der Waals surface area contributed by atoms with Crippen LogP contribution in [0.15, 0.2) is 50.0 Å². The molecule has 4 heterocycles. The SMILES string of the molecule is Cc1ccc([C@H]2c3c(oc4ccccc4c3=O)C(=O)N2c2nnc(C(C)C)s2)o1. The fraction of sp³-hybridized carbons (Fsp3) is 0.238. The minimum atomic E-state index is -0.750. The van der Waals surface area contributed by atoms with Crippen LogP contribution in [0.25, 0.3) is 11.0 Å². The molecule has 146 valence electrons. The Morgan fingerprint density at radius 3 is 2.55 bits per heavy atom. The lowest BCUT2D eigenvalue weighted by atomic mass is 10.0. The fourth-order valence-electron chi connectivity index (χ4n) is 3.54. The number of furan rings is 1. The zero-order valence-electron chi connectivity index (χ0n) is 16.0. The average molecular weight is 407 g/mol. The lowest BCUT2D eigenvalue weighted by molar-refractivity contribution is 0.0969. The van der Waals surface area contributed by atoms with Crippen LogP contribution in [-0.2, 0) is 0 Å². The van der Waals surface area contributed by atoms with Gasteiger partial charge in [0.2, 0.25) is 10.9 Å². The van der Waals surface area contributed by atoms with Crippen LogP contribution in [0.1, 0.15) is 58.5 Å². The smallest absolute Gasteiger partial charge is 0.297 e. The number of fused-ring (bicyclic) bond motifs is 2. The second kappa shape index (κ2) is 6.38. The number of rotatable bonds is 3. The van der Waals surface area contributed by atoms with E-state index in [1.165, 1.54) is 16.2 Å². The molecule has 1 aliphatic rings. The maximum absolute atomic E-state index is 13.4. The first-order valence-electron chi connectivity index (χ1n) is 9.24. The molecule has 1 aromatic carbocycles. The summed E-state index contributed by atoms with van der Waals surface area (Å²) >= 11 is 1.33. The Balaban J connectivity index is 1.78. The van der Waals surface area contributed by atoms with Gasteiger partial charge in [0, 0.05) is 5.92 Å². The summed E-state index contributed by atoms with van der Waals surface area (Å²) in [4.78, 5) is 28.1. The van der Waals surface area contributed by atoms with E-state index in [1.54, 1.807) is 36.4 Å². The number of aryl methyl sites for hydroxylation is 1. The highest BCUT2D eigenvalue weighted by molar-refractivity contribution is 7.15. The third kappa shape index (κ3) is 2.63. The molecule has 0 aliphatic carbocycles. The molecule has 0 radical (unpaired) electrons. The summed E-state index contributed by atoms with van der Waals surface area (Å²) in [5, 5.41) is 10.1. The van der Waals surface area contributed by atoms with Crippen LogP contribution in [0.4, 0.5) is 5.13 Å². The van der Waals surface area contributed by atoms with Crippen LogP contribution in [0.3, 0.4) is 0 Å². The van der Waals surface area contributed by atoms with Gasteiger partial charge >= 0.3 is 0 Å². The van der Waals surface area contributed by atoms with Crippen molar-refractivity contribution in [3.8, 4) is 0 Å². The number of carbonyl (C=O) groups excluding carboxylic acids is 1. The molecule has 0 saturated carbocycles. The van der Waals surface area contributed by atoms with Crippen molar-refractivity contribution < 1.29 is 13.6 Å². The molecule has 1 aliphatic heterocycles. The molecular weight excluding hydrogens is 390 g/mol. The summed E-state index contributed by atoms with van der Waals surface area (Å²) in [5.74, 6) is 0.944. The van der Waals surface area contributed by atoms with Crippen molar-refractivity contribution in [2.75, 3.05) is 4.90 Å². The standard InChI is InChI=1S/C21H17N3O4S/c1-10(2)19-22-23-21(29-19)24-16(14-9-8-11(3)27-14)15-17(25)12-6-4-5-7-13(12)28-18(15)20(24)26/h4-10,16H,1-3H3/t16-/m0/s1. The van der Waals surface area contributed by atoms with Gasteiger partial charge in [-0.3, -0.25) is 14.5 Å². The van der Waals surface area contributed by atoms with Gasteiger partial charge in [0.15, 0.2) is 5.43 Å². The van der Waals surface area contributed by atoms with E-state index in [9.17, 15) is 9.59 Å². The van der Waals surface area contributed by atoms with E-state index >= 15 is 0 Å². The topological polar surface area (TPSA) is 89.4 Å². The van der Waals surface area contributed by atoms with E-state index in [0.29, 0.717) is 27.6 Å². The molecule has 3 aromatic heterocycles. The van der Waals surface area contributed by atoms with E-state index in [0.717, 1.165) is 5.01 Å². The maximum Gasteiger partial charge on any atom is 0.297 e. The summed E-state index contributed by atoms with van der Waals surface area (Å²) in [5.41, 5.74) is 0.399. The molecule has 4 aromatic rings. The number of anilines is 1. The number of hydrogen-bond acceptors (Lipinski definition) is 7. The van der Waals surface area contributed by atoms with Crippen molar-refractivity contribution in [1.29, 1.82) is 0 Å². The molecule has 0 bridgehead atoms. The van der Waals surface area contributed by atoms with Gasteiger partial charge in [-0.15, -0.1) is 10.2 Å². The van der Waals surface area contributed by atoms with Gasteiger partial charge < -0.3 is 8.83 Å². The molecule has 0 saturated heterocycles. The highest BCUT2D eigenvalue weighted by Crippen LogP contribution is 2.43. The summed E-state index contributed by atoms with van der Waals surface area (Å²) in [6.07, 6.45) is 0. The lowest BCUT2D eigenvalue weighted by Gasteiger charge is -2.19. The van der Waals surface area contributed by atoms with Gasteiger partial charge in [-0.25, -0.2) is 0 Å². The predicted octanol–water partition coefficient (Wildman–Crippen LogP) is 4.42. The monoisotopic (exact) mass is 407 g/mol. The van der Waals surface area contributed by atoms with Crippen LogP contribution < -0.4 is 10.3 Å². The molecule has 29 heavy (non-hydrogen) atoms. The van der Waals surface area contributed by atoms with Crippen molar-refractivity contribution in [3.63, 3.8) is 0 Å². The Labute approximate surface area is 169 Å². The van der Waals surface area contributed by atoms with Gasteiger partial charge in [-0.05, 0) is 31.2 Å². The number of amides is 1. The molecule has 5 rings (SSSR count). The number of aromatic nitrogens is 2. The summed E-state index contributed by atoms with van der Waals surface area (Å²) in [6.45, 7) is 5.84. The van der Waals surface area contributed by atoms with Gasteiger partial charge in [-0.2, -0.15) is 0 Å². The number of carbonyl (C=O) groups is 1. The van der Waals surface area contributed by atoms with E-state index in [1.807, 2.05) is 20.8 Å². The summed E-state index contributed by atoms with van der Waals surface area (Å²) < 4.78 is 11.7. The Morgan fingerprint density at radius 1 is 1.07 bits per heavy atom. The molecule has 1 amide bonds. The second-order valence-corrected chi connectivity index (χ2v) is 8.26. The zero-order chi connectivity index (χ0) is 20.3. The van der Waals surface area contributed by atoms with Gasteiger partial charge in [-0.1, -0.05) is 37.3 Å². The average Bonchev–Trinajstić information content (AvgIpc) is 3.40. The van der Waals surface area contributed by atoms with Crippen molar-refractivity contribution >= 4 is 33.3 Å². The molecular formula is C21H17N3O4S. The molecule has 0 unspecified atom stereocenters. The van der Waals surface area contributed by atoms with Crippen LogP contribution in [0, 0.1) is 6.92 Å². The van der Waals surface area contributed by atoms with Crippen LogP contribution in [0.2, 0.25) is 0 Å². The van der Waals surface area contributed by atoms with Gasteiger partial charge in [0.25, 0.3) is 5.91 Å². The largest absolute Gasteiger partial charge is 0.464 e. The quantitative estimate of drug-likeness (QED) is 0.499. The zero-order valence-corrected chi connectivity index (χ0v) is 16.8. The lowest BCUT2D eigenvalue weighted by Crippen LogP contribution is -2.29. The first-order valence-corrected chi connectivity index (χ1v) is 10.1. The van der Waals surface area contributed by atoms with E-state index in [4.69, 9.17) is 8.83 Å². The Morgan fingerprint density at radius 2 is 1.86 bits per heavy atom. The second-order valence-electron chi connectivity index (χ2n) is 7.27. The molecule has 8 heteroatoms. The number of hydrogen-bond donors (Lipinski definition) is 0. The number of benzene rings is 1. The van der Waals surface area contributed by atoms with Crippen LogP contribution >= 0.6 is 11.3 Å². The first-order chi connectivity index (χ1) is 14.0. The first kappa shape index (κ1) is 17.8. The molecule has 0 N–H and O–H groups in total. The predicted molar refractivity (Wildman–Crippen MR) is 109 cm³/mol. The minimum absolute atomic E-state index is 0.0223. The molecule has 7 nitrogen and oxygen atoms in total. The van der Waals surface area contributed by atoms with Gasteiger partial charge in [0.05, 0.1) is 10.9 Å². The van der Waals surface area contributed by atoms with E-state index in [-0.39, 0.29) is 22.7 Å². The van der Waals surface area contributed by atoms with Crippen molar-refractivity contribution in [2.24, 2.45) is 0 Å². The number of para-hydroxylation sites is 1. The number of nitrogens with zero attached hydrogens (tertiary/aromatic N) is 3. The molecule has 0 fully saturated rings. The van der Waals surface area contributed by atoms with Crippen molar-refractivity contribution in [3.05, 3.63) is 74.5 Å². The van der Waals surface area contributed by atoms with Crippen molar-refractivity contribution in [2.45, 2.75) is 32.7 Å². The van der Waals surface area contributed by atoms with Crippen LogP contribution in [0.5, 0.6) is 0 Å². The third-order valence-corrected chi connectivity index (χ3v) is 6.16. The Hall–Kier alpha value is -3.26. The summed E-state index contributed by atoms with van der Waals surface area (Å²) in [6, 6.07) is 9.74. The molecule has 0 spiro atoms. The third-order valence-electron chi connectivity index (χ3n) is 4.94. The van der Waals surface area contributed by atoms with Crippen LogP contribution in [-0.4, -0.2) is 16.1 Å². The van der Waals surface area contributed by atoms with Gasteiger partial charge in [0.1, 0.15) is 28.2 Å². The Kier molecular flexibility index (Phi) is 3.92. The van der Waals surface area contributed by atoms with E-state index < -0.39 is 11.9 Å².